The van der Waals surface area contributed by atoms with Crippen LogP contribution in [0.5, 0.6) is 0 Å². The van der Waals surface area contributed by atoms with Crippen molar-refractivity contribution in [2.45, 2.75) is 13.3 Å². The summed E-state index contributed by atoms with van der Waals surface area (Å²) in [6.45, 7) is 2.87. The lowest BCUT2D eigenvalue weighted by Gasteiger charge is -2.12. The first kappa shape index (κ1) is 14.3. The van der Waals surface area contributed by atoms with E-state index in [0.29, 0.717) is 29.6 Å². The van der Waals surface area contributed by atoms with Crippen LogP contribution in [0.25, 0.3) is 0 Å². The summed E-state index contributed by atoms with van der Waals surface area (Å²) in [5.74, 6) is 1.08. The maximum atomic E-state index is 11.9. The Morgan fingerprint density at radius 1 is 1.50 bits per heavy atom. The molecule has 0 bridgehead atoms. The highest BCUT2D eigenvalue weighted by Crippen LogP contribution is 2.38. The first-order chi connectivity index (χ1) is 9.40. The quantitative estimate of drug-likeness (QED) is 0.662. The Kier molecular flexibility index (Phi) is 3.92. The van der Waals surface area contributed by atoms with Crippen LogP contribution < -0.4 is 5.32 Å². The molecule has 0 spiro atoms. The molecule has 2 unspecified atom stereocenters. The van der Waals surface area contributed by atoms with E-state index >= 15 is 0 Å². The molecule has 0 aromatic heterocycles. The Bertz CT molecular complexity index is 542. The molecule has 0 heterocycles. The number of benzene rings is 1. The van der Waals surface area contributed by atoms with Gasteiger partial charge in [0.05, 0.1) is 4.92 Å². The smallest absolute Gasteiger partial charge is 0.292 e. The monoisotopic (exact) mass is 277 g/mol. The van der Waals surface area contributed by atoms with E-state index in [9.17, 15) is 14.9 Å². The van der Waals surface area contributed by atoms with Crippen molar-refractivity contribution in [3.05, 3.63) is 33.9 Å². The van der Waals surface area contributed by atoms with Gasteiger partial charge in [0.25, 0.3) is 11.6 Å². The van der Waals surface area contributed by atoms with Gasteiger partial charge in [-0.05, 0) is 30.4 Å². The van der Waals surface area contributed by atoms with E-state index in [1.807, 2.05) is 0 Å². The number of hydrogen-bond donors (Lipinski definition) is 1. The largest absolute Gasteiger partial charge is 0.379 e. The van der Waals surface area contributed by atoms with Crippen LogP contribution in [-0.2, 0) is 0 Å². The molecule has 0 saturated heterocycles. The van der Waals surface area contributed by atoms with Gasteiger partial charge >= 0.3 is 0 Å². The second-order valence-corrected chi connectivity index (χ2v) is 5.54. The summed E-state index contributed by atoms with van der Waals surface area (Å²) in [4.78, 5) is 24.0. The molecule has 1 aromatic rings. The van der Waals surface area contributed by atoms with E-state index in [2.05, 4.69) is 12.2 Å². The van der Waals surface area contributed by atoms with Gasteiger partial charge < -0.3 is 10.2 Å². The Balaban J connectivity index is 2.22. The third kappa shape index (κ3) is 3.07. The fraction of sp³-hybridized carbons (Fsp3) is 0.500. The lowest BCUT2D eigenvalue weighted by Crippen LogP contribution is -2.22. The molecule has 0 radical (unpaired) electrons. The maximum Gasteiger partial charge on any atom is 0.292 e. The number of nitro groups is 1. The molecular formula is C14H19N3O3. The van der Waals surface area contributed by atoms with Crippen LogP contribution in [0, 0.1) is 22.0 Å². The molecule has 1 aliphatic rings. The SMILES string of the molecule is CC1CC1CNc1cc(C(=O)N(C)C)ccc1[N+](=O)[O-]. The third-order valence-corrected chi connectivity index (χ3v) is 3.68. The van der Waals surface area contributed by atoms with Crippen LogP contribution in [0.2, 0.25) is 0 Å². The molecule has 2 rings (SSSR count). The summed E-state index contributed by atoms with van der Waals surface area (Å²) in [5.41, 5.74) is 0.877. The average molecular weight is 277 g/mol. The highest BCUT2D eigenvalue weighted by molar-refractivity contribution is 5.95. The minimum atomic E-state index is -0.428. The summed E-state index contributed by atoms with van der Waals surface area (Å²) < 4.78 is 0. The summed E-state index contributed by atoms with van der Waals surface area (Å²) in [5, 5.41) is 14.1. The minimum absolute atomic E-state index is 0.00797. The van der Waals surface area contributed by atoms with Crippen molar-refractivity contribution in [1.82, 2.24) is 4.90 Å². The normalized spacial score (nSPS) is 20.4. The Hall–Kier alpha value is -2.11. The van der Waals surface area contributed by atoms with Gasteiger partial charge in [-0.1, -0.05) is 6.92 Å². The highest BCUT2D eigenvalue weighted by atomic mass is 16.6. The number of amides is 1. The molecule has 1 N–H and O–H groups in total. The fourth-order valence-electron chi connectivity index (χ4n) is 2.15. The van der Waals surface area contributed by atoms with Crippen molar-refractivity contribution < 1.29 is 9.72 Å². The Morgan fingerprint density at radius 2 is 2.15 bits per heavy atom. The molecule has 108 valence electrons. The molecule has 1 saturated carbocycles. The van der Waals surface area contributed by atoms with Crippen LogP contribution in [-0.4, -0.2) is 36.4 Å². The number of nitrogens with one attached hydrogen (secondary N) is 1. The van der Waals surface area contributed by atoms with E-state index in [4.69, 9.17) is 0 Å². The number of nitrogens with zero attached hydrogens (tertiary/aromatic N) is 2. The summed E-state index contributed by atoms with van der Waals surface area (Å²) >= 11 is 0. The van der Waals surface area contributed by atoms with Crippen molar-refractivity contribution in [1.29, 1.82) is 0 Å². The van der Waals surface area contributed by atoms with Crippen molar-refractivity contribution >= 4 is 17.3 Å². The number of carbonyl (C=O) groups is 1. The molecule has 6 heteroatoms. The predicted molar refractivity (Wildman–Crippen MR) is 76.9 cm³/mol. The molecule has 6 nitrogen and oxygen atoms in total. The number of nitro benzene ring substituents is 1. The Labute approximate surface area is 117 Å². The Morgan fingerprint density at radius 3 is 2.65 bits per heavy atom. The second-order valence-electron chi connectivity index (χ2n) is 5.54. The fourth-order valence-corrected chi connectivity index (χ4v) is 2.15. The van der Waals surface area contributed by atoms with Gasteiger partial charge in [0.1, 0.15) is 5.69 Å². The standard InChI is InChI=1S/C14H19N3O3/c1-9-6-11(9)8-15-12-7-10(14(18)16(2)3)4-5-13(12)17(19)20/h4-5,7,9,11,15H,6,8H2,1-3H3. The van der Waals surface area contributed by atoms with Crippen molar-refractivity contribution in [2.75, 3.05) is 26.0 Å². The lowest BCUT2D eigenvalue weighted by atomic mass is 10.1. The molecule has 1 fully saturated rings. The lowest BCUT2D eigenvalue weighted by molar-refractivity contribution is -0.384. The zero-order chi connectivity index (χ0) is 14.9. The van der Waals surface area contributed by atoms with Gasteiger partial charge in [-0.25, -0.2) is 0 Å². The third-order valence-electron chi connectivity index (χ3n) is 3.68. The molecule has 1 aliphatic carbocycles. The van der Waals surface area contributed by atoms with Gasteiger partial charge in [-0.2, -0.15) is 0 Å². The van der Waals surface area contributed by atoms with E-state index in [-0.39, 0.29) is 11.6 Å². The van der Waals surface area contributed by atoms with Gasteiger partial charge in [-0.3, -0.25) is 14.9 Å². The number of hydrogen-bond acceptors (Lipinski definition) is 4. The van der Waals surface area contributed by atoms with Gasteiger partial charge in [0.2, 0.25) is 0 Å². The van der Waals surface area contributed by atoms with E-state index in [0.717, 1.165) is 6.42 Å². The maximum absolute atomic E-state index is 11.9. The van der Waals surface area contributed by atoms with Crippen LogP contribution in [0.15, 0.2) is 18.2 Å². The first-order valence-corrected chi connectivity index (χ1v) is 6.64. The van der Waals surface area contributed by atoms with Crippen molar-refractivity contribution in [3.63, 3.8) is 0 Å². The first-order valence-electron chi connectivity index (χ1n) is 6.64. The molecule has 1 amide bonds. The summed E-state index contributed by atoms with van der Waals surface area (Å²) in [6.07, 6.45) is 1.15. The summed E-state index contributed by atoms with van der Waals surface area (Å²) in [6, 6.07) is 4.44. The van der Waals surface area contributed by atoms with Gasteiger partial charge in [0, 0.05) is 32.3 Å². The molecule has 20 heavy (non-hydrogen) atoms. The van der Waals surface area contributed by atoms with Crippen LogP contribution >= 0.6 is 0 Å². The van der Waals surface area contributed by atoms with E-state index in [1.165, 1.54) is 17.0 Å². The average Bonchev–Trinajstić information content (AvgIpc) is 3.10. The molecular weight excluding hydrogens is 258 g/mol. The van der Waals surface area contributed by atoms with Crippen LogP contribution in [0.4, 0.5) is 11.4 Å². The highest BCUT2D eigenvalue weighted by Gasteiger charge is 2.32. The summed E-state index contributed by atoms with van der Waals surface area (Å²) in [7, 11) is 3.31. The molecule has 0 aliphatic heterocycles. The molecule has 2 atom stereocenters. The number of anilines is 1. The second kappa shape index (κ2) is 5.48. The van der Waals surface area contributed by atoms with E-state index < -0.39 is 4.92 Å². The molecule has 1 aromatic carbocycles. The topological polar surface area (TPSA) is 75.5 Å². The predicted octanol–water partition coefficient (Wildman–Crippen LogP) is 2.36. The number of carbonyl (C=O) groups excluding carboxylic acids is 1. The minimum Gasteiger partial charge on any atom is -0.379 e. The van der Waals surface area contributed by atoms with E-state index in [1.54, 1.807) is 20.2 Å². The van der Waals surface area contributed by atoms with Crippen LogP contribution in [0.3, 0.4) is 0 Å². The van der Waals surface area contributed by atoms with Crippen molar-refractivity contribution in [2.24, 2.45) is 11.8 Å². The van der Waals surface area contributed by atoms with Gasteiger partial charge in [-0.15, -0.1) is 0 Å². The van der Waals surface area contributed by atoms with Crippen LogP contribution in [0.1, 0.15) is 23.7 Å². The number of rotatable bonds is 5. The zero-order valence-corrected chi connectivity index (χ0v) is 11.9. The zero-order valence-electron chi connectivity index (χ0n) is 11.9. The van der Waals surface area contributed by atoms with Crippen molar-refractivity contribution in [3.8, 4) is 0 Å². The van der Waals surface area contributed by atoms with Gasteiger partial charge in [0.15, 0.2) is 0 Å².